The molecule has 2 N–H and O–H groups in total. The summed E-state index contributed by atoms with van der Waals surface area (Å²) in [4.78, 5) is 35.8. The summed E-state index contributed by atoms with van der Waals surface area (Å²) in [6.45, 7) is 3.95. The Morgan fingerprint density at radius 3 is 2.31 bits per heavy atom. The van der Waals surface area contributed by atoms with Crippen molar-refractivity contribution in [2.45, 2.75) is 32.3 Å². The predicted octanol–water partition coefficient (Wildman–Crippen LogP) is 3.00. The maximum Gasteiger partial charge on any atom is 0.338 e. The molecule has 0 heterocycles. The number of carbonyl (C=O) groups excluding carboxylic acids is 3. The van der Waals surface area contributed by atoms with Crippen molar-refractivity contribution >= 4 is 23.5 Å². The van der Waals surface area contributed by atoms with Gasteiger partial charge in [0.2, 0.25) is 5.91 Å². The van der Waals surface area contributed by atoms with E-state index >= 15 is 0 Å². The summed E-state index contributed by atoms with van der Waals surface area (Å²) in [5.41, 5.74) is 1.82. The van der Waals surface area contributed by atoms with Gasteiger partial charge in [-0.05, 0) is 42.7 Å². The van der Waals surface area contributed by atoms with Crippen LogP contribution in [0.5, 0.6) is 0 Å². The molecule has 2 aromatic carbocycles. The van der Waals surface area contributed by atoms with E-state index in [1.165, 1.54) is 31.2 Å². The van der Waals surface area contributed by atoms with Gasteiger partial charge < -0.3 is 15.4 Å². The topological polar surface area (TPSA) is 108 Å². The second-order valence-electron chi connectivity index (χ2n) is 6.56. The Balaban J connectivity index is 1.83. The van der Waals surface area contributed by atoms with E-state index in [2.05, 4.69) is 10.6 Å². The van der Waals surface area contributed by atoms with Crippen molar-refractivity contribution in [3.63, 3.8) is 0 Å². The molecule has 150 valence electrons. The van der Waals surface area contributed by atoms with Crippen LogP contribution in [0.15, 0.2) is 54.6 Å². The lowest BCUT2D eigenvalue weighted by atomic mass is 10.0. The second kappa shape index (κ2) is 10.6. The lowest BCUT2D eigenvalue weighted by Crippen LogP contribution is -2.37. The molecule has 0 aliphatic rings. The van der Waals surface area contributed by atoms with Gasteiger partial charge in [0, 0.05) is 12.2 Å². The Labute approximate surface area is 169 Å². The molecule has 0 bridgehead atoms. The monoisotopic (exact) mass is 393 g/mol. The summed E-state index contributed by atoms with van der Waals surface area (Å²) >= 11 is 0. The lowest BCUT2D eigenvalue weighted by molar-refractivity contribution is -0.129. The lowest BCUT2D eigenvalue weighted by Gasteiger charge is -2.17. The van der Waals surface area contributed by atoms with E-state index in [0.717, 1.165) is 5.56 Å². The number of nitrogens with one attached hydrogen (secondary N) is 2. The average Bonchev–Trinajstić information content (AvgIpc) is 2.72. The minimum atomic E-state index is -0.944. The number of anilines is 1. The number of ether oxygens (including phenoxy) is 1. The number of esters is 1. The first-order valence-corrected chi connectivity index (χ1v) is 9.21. The Hall–Kier alpha value is -3.66. The summed E-state index contributed by atoms with van der Waals surface area (Å²) in [6.07, 6.45) is -1.19. The third kappa shape index (κ3) is 6.78. The van der Waals surface area contributed by atoms with Gasteiger partial charge in [0.1, 0.15) is 6.42 Å². The van der Waals surface area contributed by atoms with Crippen LogP contribution in [0.1, 0.15) is 42.1 Å². The molecule has 0 saturated carbocycles. The fourth-order valence-corrected chi connectivity index (χ4v) is 2.55. The molecule has 0 aromatic heterocycles. The molecule has 0 spiro atoms. The molecule has 7 nitrogen and oxygen atoms in total. The van der Waals surface area contributed by atoms with Gasteiger partial charge >= 0.3 is 5.97 Å². The quantitative estimate of drug-likeness (QED) is 0.670. The number of carbonyl (C=O) groups is 3. The highest BCUT2D eigenvalue weighted by atomic mass is 16.5. The maximum absolute atomic E-state index is 12.2. The van der Waals surface area contributed by atoms with Crippen LogP contribution >= 0.6 is 0 Å². The molecule has 0 unspecified atom stereocenters. The standard InChI is InChI=1S/C22H23N3O4/c1-15(17-6-4-3-5-7-17)14-24-21(27)16(2)29-22(28)18-8-10-19(11-9-18)25-20(26)12-13-23/h3-11,15-16H,12,14H2,1-2H3,(H,24,27)(H,25,26)/t15-,16+/m1/s1. The molecule has 2 aromatic rings. The summed E-state index contributed by atoms with van der Waals surface area (Å²) in [5, 5.41) is 13.8. The maximum atomic E-state index is 12.2. The van der Waals surface area contributed by atoms with Crippen LogP contribution in [0.25, 0.3) is 0 Å². The third-order valence-corrected chi connectivity index (χ3v) is 4.25. The van der Waals surface area contributed by atoms with Gasteiger partial charge in [-0.1, -0.05) is 37.3 Å². The van der Waals surface area contributed by atoms with Crippen molar-refractivity contribution in [1.29, 1.82) is 5.26 Å². The Morgan fingerprint density at radius 2 is 1.69 bits per heavy atom. The molecular weight excluding hydrogens is 370 g/mol. The SMILES string of the molecule is C[C@H](OC(=O)c1ccc(NC(=O)CC#N)cc1)C(=O)NC[C@@H](C)c1ccccc1. The fourth-order valence-electron chi connectivity index (χ4n) is 2.55. The van der Waals surface area contributed by atoms with E-state index in [1.54, 1.807) is 6.07 Å². The number of nitriles is 1. The highest BCUT2D eigenvalue weighted by Crippen LogP contribution is 2.14. The van der Waals surface area contributed by atoms with Gasteiger partial charge in [0.15, 0.2) is 6.10 Å². The molecule has 7 heteroatoms. The van der Waals surface area contributed by atoms with E-state index < -0.39 is 18.0 Å². The van der Waals surface area contributed by atoms with E-state index in [0.29, 0.717) is 12.2 Å². The molecule has 0 radical (unpaired) electrons. The smallest absolute Gasteiger partial charge is 0.338 e. The number of hydrogen-bond donors (Lipinski definition) is 2. The van der Waals surface area contributed by atoms with Crippen molar-refractivity contribution in [3.05, 3.63) is 65.7 Å². The molecule has 2 rings (SSSR count). The van der Waals surface area contributed by atoms with Crippen LogP contribution < -0.4 is 10.6 Å². The second-order valence-corrected chi connectivity index (χ2v) is 6.56. The first kappa shape index (κ1) is 21.6. The molecule has 0 fully saturated rings. The average molecular weight is 393 g/mol. The number of hydrogen-bond acceptors (Lipinski definition) is 5. The molecule has 0 aliphatic heterocycles. The van der Waals surface area contributed by atoms with Gasteiger partial charge in [-0.3, -0.25) is 9.59 Å². The van der Waals surface area contributed by atoms with Crippen LogP contribution in [0.2, 0.25) is 0 Å². The van der Waals surface area contributed by atoms with Gasteiger partial charge in [-0.25, -0.2) is 4.79 Å². The van der Waals surface area contributed by atoms with Crippen LogP contribution in [0.3, 0.4) is 0 Å². The fraction of sp³-hybridized carbons (Fsp3) is 0.273. The van der Waals surface area contributed by atoms with Gasteiger partial charge in [-0.2, -0.15) is 5.26 Å². The normalized spacial score (nSPS) is 12.2. The first-order valence-electron chi connectivity index (χ1n) is 9.21. The molecule has 2 amide bonds. The minimum Gasteiger partial charge on any atom is -0.449 e. The van der Waals surface area contributed by atoms with Crippen molar-refractivity contribution in [2.75, 3.05) is 11.9 Å². The zero-order valence-corrected chi connectivity index (χ0v) is 16.3. The van der Waals surface area contributed by atoms with E-state index in [9.17, 15) is 14.4 Å². The Kier molecular flexibility index (Phi) is 7.92. The summed E-state index contributed by atoms with van der Waals surface area (Å²) < 4.78 is 5.21. The Morgan fingerprint density at radius 1 is 1.03 bits per heavy atom. The van der Waals surface area contributed by atoms with Crippen molar-refractivity contribution in [2.24, 2.45) is 0 Å². The van der Waals surface area contributed by atoms with Crippen LogP contribution in [0, 0.1) is 11.3 Å². The molecule has 0 aliphatic carbocycles. The number of rotatable bonds is 8. The number of benzene rings is 2. The summed E-state index contributed by atoms with van der Waals surface area (Å²) in [7, 11) is 0. The van der Waals surface area contributed by atoms with Gasteiger partial charge in [0.25, 0.3) is 5.91 Å². The molecule has 29 heavy (non-hydrogen) atoms. The van der Waals surface area contributed by atoms with Crippen molar-refractivity contribution in [1.82, 2.24) is 5.32 Å². The number of nitrogens with zero attached hydrogens (tertiary/aromatic N) is 1. The zero-order chi connectivity index (χ0) is 21.2. The van der Waals surface area contributed by atoms with Crippen LogP contribution in [-0.4, -0.2) is 30.4 Å². The third-order valence-electron chi connectivity index (χ3n) is 4.25. The van der Waals surface area contributed by atoms with Crippen LogP contribution in [0.4, 0.5) is 5.69 Å². The highest BCUT2D eigenvalue weighted by Gasteiger charge is 2.19. The minimum absolute atomic E-state index is 0.131. The van der Waals surface area contributed by atoms with E-state index in [1.807, 2.05) is 37.3 Å². The van der Waals surface area contributed by atoms with Gasteiger partial charge in [0.05, 0.1) is 11.6 Å². The van der Waals surface area contributed by atoms with E-state index in [4.69, 9.17) is 10.00 Å². The van der Waals surface area contributed by atoms with E-state index in [-0.39, 0.29) is 23.8 Å². The largest absolute Gasteiger partial charge is 0.449 e. The molecular formula is C22H23N3O4. The van der Waals surface area contributed by atoms with Crippen LogP contribution in [-0.2, 0) is 14.3 Å². The first-order chi connectivity index (χ1) is 13.9. The Bertz CT molecular complexity index is 889. The van der Waals surface area contributed by atoms with Crippen molar-refractivity contribution in [3.8, 4) is 6.07 Å². The predicted molar refractivity (Wildman–Crippen MR) is 108 cm³/mol. The molecule has 2 atom stereocenters. The van der Waals surface area contributed by atoms with Crippen molar-refractivity contribution < 1.29 is 19.1 Å². The zero-order valence-electron chi connectivity index (χ0n) is 16.3. The van der Waals surface area contributed by atoms with Gasteiger partial charge in [-0.15, -0.1) is 0 Å². The summed E-state index contributed by atoms with van der Waals surface area (Å²) in [5.74, 6) is -1.31. The summed E-state index contributed by atoms with van der Waals surface area (Å²) in [6, 6.07) is 17.6. The number of amides is 2. The highest BCUT2D eigenvalue weighted by molar-refractivity contribution is 5.94. The molecule has 0 saturated heterocycles.